The summed E-state index contributed by atoms with van der Waals surface area (Å²) in [7, 11) is 0. The number of anilines is 1. The number of amides is 1. The van der Waals surface area contributed by atoms with E-state index in [1.807, 2.05) is 37.3 Å². The van der Waals surface area contributed by atoms with Crippen LogP contribution in [0.3, 0.4) is 0 Å². The van der Waals surface area contributed by atoms with Gasteiger partial charge in [-0.2, -0.15) is 4.68 Å². The molecule has 0 bridgehead atoms. The van der Waals surface area contributed by atoms with Crippen molar-refractivity contribution in [1.29, 1.82) is 0 Å². The standard InChI is InChI=1S/C26H29ClN4O2/c1-19-11-12-22(17-23(19)27)31-25(32)14-13-24(29-31)30-16-6-10-21(18-30)26(33)28-15-5-9-20-7-3-2-4-8-20/h2-4,7-8,11-14,17,21H,5-6,9-10,15-16,18H2,1H3,(H,28,33). The van der Waals surface area contributed by atoms with Gasteiger partial charge in [0, 0.05) is 30.7 Å². The van der Waals surface area contributed by atoms with Gasteiger partial charge in [0.15, 0.2) is 0 Å². The monoisotopic (exact) mass is 464 g/mol. The lowest BCUT2D eigenvalue weighted by Gasteiger charge is -2.33. The van der Waals surface area contributed by atoms with Crippen LogP contribution in [-0.4, -0.2) is 35.3 Å². The summed E-state index contributed by atoms with van der Waals surface area (Å²) in [6.07, 6.45) is 3.62. The zero-order valence-corrected chi connectivity index (χ0v) is 19.6. The lowest BCUT2D eigenvalue weighted by molar-refractivity contribution is -0.125. The zero-order chi connectivity index (χ0) is 23.2. The van der Waals surface area contributed by atoms with Crippen LogP contribution < -0.4 is 15.8 Å². The lowest BCUT2D eigenvalue weighted by Crippen LogP contribution is -2.44. The number of piperidine rings is 1. The first-order valence-corrected chi connectivity index (χ1v) is 11.8. The van der Waals surface area contributed by atoms with Crippen molar-refractivity contribution in [2.24, 2.45) is 5.92 Å². The molecule has 1 amide bonds. The summed E-state index contributed by atoms with van der Waals surface area (Å²) in [6.45, 7) is 3.98. The normalized spacial score (nSPS) is 15.9. The fraction of sp³-hybridized carbons (Fsp3) is 0.346. The van der Waals surface area contributed by atoms with Crippen LogP contribution in [0.15, 0.2) is 65.5 Å². The van der Waals surface area contributed by atoms with Crippen LogP contribution in [0.4, 0.5) is 5.82 Å². The summed E-state index contributed by atoms with van der Waals surface area (Å²) in [5.74, 6) is 0.686. The number of aryl methyl sites for hydroxylation is 2. The molecular weight excluding hydrogens is 436 g/mol. The molecule has 0 spiro atoms. The third-order valence-electron chi connectivity index (χ3n) is 6.09. The molecule has 1 aromatic heterocycles. The minimum atomic E-state index is -0.219. The Morgan fingerprint density at radius 1 is 1.15 bits per heavy atom. The smallest absolute Gasteiger partial charge is 0.271 e. The fourth-order valence-corrected chi connectivity index (χ4v) is 4.34. The highest BCUT2D eigenvalue weighted by Gasteiger charge is 2.26. The Morgan fingerprint density at radius 2 is 1.97 bits per heavy atom. The molecule has 1 aliphatic rings. The first-order chi connectivity index (χ1) is 16.0. The van der Waals surface area contributed by atoms with E-state index in [-0.39, 0.29) is 17.4 Å². The van der Waals surface area contributed by atoms with Gasteiger partial charge in [-0.05, 0) is 61.9 Å². The van der Waals surface area contributed by atoms with E-state index in [1.165, 1.54) is 16.3 Å². The van der Waals surface area contributed by atoms with Crippen molar-refractivity contribution in [2.75, 3.05) is 24.5 Å². The molecule has 172 valence electrons. The molecule has 4 rings (SSSR count). The number of nitrogens with zero attached hydrogens (tertiary/aromatic N) is 3. The molecule has 7 heteroatoms. The first-order valence-electron chi connectivity index (χ1n) is 11.4. The molecule has 1 unspecified atom stereocenters. The molecular formula is C26H29ClN4O2. The lowest BCUT2D eigenvalue weighted by atomic mass is 9.97. The Balaban J connectivity index is 1.38. The summed E-state index contributed by atoms with van der Waals surface area (Å²) in [5.41, 5.74) is 2.63. The second-order valence-corrected chi connectivity index (χ2v) is 8.95. The fourth-order valence-electron chi connectivity index (χ4n) is 4.16. The van der Waals surface area contributed by atoms with Crippen molar-refractivity contribution in [3.8, 4) is 5.69 Å². The van der Waals surface area contributed by atoms with Gasteiger partial charge in [-0.1, -0.05) is 48.0 Å². The summed E-state index contributed by atoms with van der Waals surface area (Å²) >= 11 is 6.25. The van der Waals surface area contributed by atoms with E-state index < -0.39 is 0 Å². The summed E-state index contributed by atoms with van der Waals surface area (Å²) in [6, 6.07) is 19.0. The summed E-state index contributed by atoms with van der Waals surface area (Å²) < 4.78 is 1.37. The average Bonchev–Trinajstić information content (AvgIpc) is 2.84. The molecule has 0 aliphatic carbocycles. The predicted octanol–water partition coefficient (Wildman–Crippen LogP) is 4.16. The molecule has 1 N–H and O–H groups in total. The van der Waals surface area contributed by atoms with Crippen LogP contribution in [0, 0.1) is 12.8 Å². The molecule has 2 heterocycles. The van der Waals surface area contributed by atoms with Crippen LogP contribution in [-0.2, 0) is 11.2 Å². The number of carbonyl (C=O) groups excluding carboxylic acids is 1. The Hall–Kier alpha value is -3.12. The molecule has 6 nitrogen and oxygen atoms in total. The van der Waals surface area contributed by atoms with Crippen LogP contribution >= 0.6 is 11.6 Å². The highest BCUT2D eigenvalue weighted by molar-refractivity contribution is 6.31. The van der Waals surface area contributed by atoms with Gasteiger partial charge >= 0.3 is 0 Å². The van der Waals surface area contributed by atoms with E-state index in [0.717, 1.165) is 37.8 Å². The van der Waals surface area contributed by atoms with Gasteiger partial charge < -0.3 is 10.2 Å². The van der Waals surface area contributed by atoms with Gasteiger partial charge in [0.25, 0.3) is 5.56 Å². The minimum Gasteiger partial charge on any atom is -0.356 e. The number of hydrogen-bond donors (Lipinski definition) is 1. The van der Waals surface area contributed by atoms with E-state index in [4.69, 9.17) is 11.6 Å². The summed E-state index contributed by atoms with van der Waals surface area (Å²) in [4.78, 5) is 27.3. The van der Waals surface area contributed by atoms with E-state index in [9.17, 15) is 9.59 Å². The van der Waals surface area contributed by atoms with Crippen molar-refractivity contribution in [3.63, 3.8) is 0 Å². The van der Waals surface area contributed by atoms with Crippen molar-refractivity contribution in [3.05, 3.63) is 87.2 Å². The van der Waals surface area contributed by atoms with E-state index in [2.05, 4.69) is 27.4 Å². The topological polar surface area (TPSA) is 67.2 Å². The van der Waals surface area contributed by atoms with Crippen LogP contribution in [0.25, 0.3) is 5.69 Å². The number of rotatable bonds is 7. The molecule has 1 fully saturated rings. The SMILES string of the molecule is Cc1ccc(-n2nc(N3CCCC(C(=O)NCCCc4ccccc4)C3)ccc2=O)cc1Cl. The van der Waals surface area contributed by atoms with Crippen molar-refractivity contribution >= 4 is 23.3 Å². The van der Waals surface area contributed by atoms with Gasteiger partial charge in [-0.15, -0.1) is 5.10 Å². The number of carbonyl (C=O) groups is 1. The molecule has 1 saturated heterocycles. The third-order valence-corrected chi connectivity index (χ3v) is 6.49. The Labute approximate surface area is 199 Å². The summed E-state index contributed by atoms with van der Waals surface area (Å²) in [5, 5.41) is 8.27. The maximum absolute atomic E-state index is 12.8. The minimum absolute atomic E-state index is 0.0893. The van der Waals surface area contributed by atoms with Crippen LogP contribution in [0.2, 0.25) is 5.02 Å². The molecule has 0 radical (unpaired) electrons. The zero-order valence-electron chi connectivity index (χ0n) is 18.8. The van der Waals surface area contributed by atoms with Gasteiger partial charge in [-0.3, -0.25) is 9.59 Å². The molecule has 3 aromatic rings. The maximum Gasteiger partial charge on any atom is 0.271 e. The van der Waals surface area contributed by atoms with Crippen molar-refractivity contribution in [2.45, 2.75) is 32.6 Å². The maximum atomic E-state index is 12.8. The van der Waals surface area contributed by atoms with Crippen LogP contribution in [0.1, 0.15) is 30.4 Å². The predicted molar refractivity (Wildman–Crippen MR) is 132 cm³/mol. The number of halogens is 1. The first kappa shape index (κ1) is 23.1. The Bertz CT molecular complexity index is 1160. The van der Waals surface area contributed by atoms with Gasteiger partial charge in [-0.25, -0.2) is 0 Å². The molecule has 33 heavy (non-hydrogen) atoms. The molecule has 0 saturated carbocycles. The average molecular weight is 465 g/mol. The third kappa shape index (κ3) is 5.82. The number of aromatic nitrogens is 2. The van der Waals surface area contributed by atoms with E-state index >= 15 is 0 Å². The number of hydrogen-bond acceptors (Lipinski definition) is 4. The number of nitrogens with one attached hydrogen (secondary N) is 1. The molecule has 1 atom stereocenters. The molecule has 1 aliphatic heterocycles. The largest absolute Gasteiger partial charge is 0.356 e. The Morgan fingerprint density at radius 3 is 2.76 bits per heavy atom. The highest BCUT2D eigenvalue weighted by Crippen LogP contribution is 2.23. The van der Waals surface area contributed by atoms with E-state index in [0.29, 0.717) is 29.6 Å². The van der Waals surface area contributed by atoms with Gasteiger partial charge in [0.1, 0.15) is 5.82 Å². The Kier molecular flexibility index (Phi) is 7.45. The van der Waals surface area contributed by atoms with Crippen LogP contribution in [0.5, 0.6) is 0 Å². The second-order valence-electron chi connectivity index (χ2n) is 8.54. The second kappa shape index (κ2) is 10.7. The highest BCUT2D eigenvalue weighted by atomic mass is 35.5. The van der Waals surface area contributed by atoms with E-state index in [1.54, 1.807) is 12.1 Å². The van der Waals surface area contributed by atoms with Gasteiger partial charge in [0.2, 0.25) is 5.91 Å². The number of benzene rings is 2. The quantitative estimate of drug-likeness (QED) is 0.533. The van der Waals surface area contributed by atoms with Gasteiger partial charge in [0.05, 0.1) is 11.6 Å². The van der Waals surface area contributed by atoms with Crippen molar-refractivity contribution in [1.82, 2.24) is 15.1 Å². The molecule has 2 aromatic carbocycles. The van der Waals surface area contributed by atoms with Crippen molar-refractivity contribution < 1.29 is 4.79 Å².